The van der Waals surface area contributed by atoms with Crippen molar-refractivity contribution in [2.24, 2.45) is 0 Å². The number of halogens is 1. The molecule has 0 fully saturated rings. The fraction of sp³-hybridized carbons (Fsp3) is 0.154. The smallest absolute Gasteiger partial charge is 0.339 e. The normalized spacial score (nSPS) is 14.3. The largest absolute Gasteiger partial charge is 0.507 e. The number of aromatic carboxylic acids is 1. The Morgan fingerprint density at radius 3 is 2.47 bits per heavy atom. The number of carbonyl (C=O) groups excluding carboxylic acids is 1. The van der Waals surface area contributed by atoms with Crippen molar-refractivity contribution in [3.8, 4) is 5.75 Å². The molecule has 3 aromatic rings. The van der Waals surface area contributed by atoms with Gasteiger partial charge in [0, 0.05) is 16.7 Å². The van der Waals surface area contributed by atoms with Crippen LogP contribution >= 0.6 is 11.6 Å². The highest BCUT2D eigenvalue weighted by Gasteiger charge is 2.35. The van der Waals surface area contributed by atoms with Crippen LogP contribution in [0.4, 0.5) is 11.4 Å². The summed E-state index contributed by atoms with van der Waals surface area (Å²) in [5, 5.41) is 20.0. The van der Waals surface area contributed by atoms with Crippen LogP contribution in [0.25, 0.3) is 11.6 Å². The lowest BCUT2D eigenvalue weighted by Gasteiger charge is -2.18. The topological polar surface area (TPSA) is 77.8 Å². The first-order chi connectivity index (χ1) is 15.2. The lowest BCUT2D eigenvalue weighted by molar-refractivity contribution is -0.112. The summed E-state index contributed by atoms with van der Waals surface area (Å²) in [6.45, 7) is 6.08. The maximum absolute atomic E-state index is 13.7. The molecule has 2 N–H and O–H groups in total. The number of hydrogen-bond donors (Lipinski definition) is 2. The van der Waals surface area contributed by atoms with Crippen molar-refractivity contribution in [1.82, 2.24) is 0 Å². The van der Waals surface area contributed by atoms with E-state index in [9.17, 15) is 19.8 Å². The first-order valence-electron chi connectivity index (χ1n) is 10.2. The van der Waals surface area contributed by atoms with Gasteiger partial charge in [-0.15, -0.1) is 0 Å². The van der Waals surface area contributed by atoms with E-state index in [0.29, 0.717) is 22.0 Å². The average Bonchev–Trinajstić information content (AvgIpc) is 3.01. The second kappa shape index (κ2) is 8.17. The molecule has 32 heavy (non-hydrogen) atoms. The van der Waals surface area contributed by atoms with E-state index in [2.05, 4.69) is 13.8 Å². The lowest BCUT2D eigenvalue weighted by atomic mass is 9.93. The van der Waals surface area contributed by atoms with Gasteiger partial charge in [-0.2, -0.15) is 0 Å². The number of hydrogen-bond acceptors (Lipinski definition) is 3. The zero-order chi connectivity index (χ0) is 23.2. The minimum atomic E-state index is -1.24. The maximum atomic E-state index is 13.7. The van der Waals surface area contributed by atoms with Crippen LogP contribution in [0.15, 0.2) is 54.6 Å². The summed E-state index contributed by atoms with van der Waals surface area (Å²) in [6, 6.07) is 15.4. The van der Waals surface area contributed by atoms with Crippen molar-refractivity contribution in [1.29, 1.82) is 0 Å². The standard InChI is InChI=1S/C26H22ClNO4/c1-14(2)17-7-5-8-21(27)19(17)13-20-24-15(3)6-4-9-22(24)28(25(20)30)16-10-11-18(26(31)32)23(29)12-16/h4-14,29H,1-3H3,(H,31,32)/b20-13+. The van der Waals surface area contributed by atoms with Crippen LogP contribution in [0.3, 0.4) is 0 Å². The van der Waals surface area contributed by atoms with Crippen molar-refractivity contribution in [3.05, 3.63) is 87.4 Å². The number of phenols is 1. The Bertz CT molecular complexity index is 1290. The van der Waals surface area contributed by atoms with Gasteiger partial charge in [0.1, 0.15) is 11.3 Å². The Labute approximate surface area is 191 Å². The molecule has 0 radical (unpaired) electrons. The first kappa shape index (κ1) is 21.7. The van der Waals surface area contributed by atoms with Gasteiger partial charge in [-0.3, -0.25) is 9.69 Å². The molecule has 0 aromatic heterocycles. The van der Waals surface area contributed by atoms with Gasteiger partial charge in [0.05, 0.1) is 16.9 Å². The zero-order valence-electron chi connectivity index (χ0n) is 17.9. The molecule has 5 nitrogen and oxygen atoms in total. The second-order valence-corrected chi connectivity index (χ2v) is 8.48. The minimum absolute atomic E-state index is 0.213. The quantitative estimate of drug-likeness (QED) is 0.454. The van der Waals surface area contributed by atoms with E-state index in [4.69, 9.17) is 11.6 Å². The van der Waals surface area contributed by atoms with Gasteiger partial charge < -0.3 is 10.2 Å². The summed E-state index contributed by atoms with van der Waals surface area (Å²) in [6.07, 6.45) is 1.83. The van der Waals surface area contributed by atoms with E-state index in [1.807, 2.05) is 43.3 Å². The van der Waals surface area contributed by atoms with Gasteiger partial charge in [0.25, 0.3) is 5.91 Å². The van der Waals surface area contributed by atoms with E-state index < -0.39 is 11.7 Å². The molecular weight excluding hydrogens is 426 g/mol. The SMILES string of the molecule is Cc1cccc2c1/C(=C\c1c(Cl)cccc1C(C)C)C(=O)N2c1ccc(C(=O)O)c(O)c1. The number of nitrogens with zero attached hydrogens (tertiary/aromatic N) is 1. The number of benzene rings is 3. The van der Waals surface area contributed by atoms with Crippen molar-refractivity contribution >= 4 is 46.5 Å². The number of aryl methyl sites for hydroxylation is 1. The molecule has 0 aliphatic carbocycles. The third-order valence-corrected chi connectivity index (χ3v) is 5.99. The van der Waals surface area contributed by atoms with E-state index in [0.717, 1.165) is 22.3 Å². The van der Waals surface area contributed by atoms with Crippen molar-refractivity contribution < 1.29 is 19.8 Å². The van der Waals surface area contributed by atoms with Crippen LogP contribution in [0.1, 0.15) is 52.4 Å². The Hall–Kier alpha value is -3.57. The van der Waals surface area contributed by atoms with Crippen LogP contribution in [0.5, 0.6) is 5.75 Å². The molecule has 162 valence electrons. The number of aromatic hydroxyl groups is 1. The minimum Gasteiger partial charge on any atom is -0.507 e. The van der Waals surface area contributed by atoms with E-state index in [1.165, 1.54) is 23.1 Å². The van der Waals surface area contributed by atoms with Gasteiger partial charge in [-0.1, -0.05) is 49.7 Å². The molecule has 3 aromatic carbocycles. The number of carbonyl (C=O) groups is 2. The van der Waals surface area contributed by atoms with Gasteiger partial charge in [-0.25, -0.2) is 4.79 Å². The summed E-state index contributed by atoms with van der Waals surface area (Å²) in [5.41, 5.74) is 4.87. The average molecular weight is 448 g/mol. The molecule has 4 rings (SSSR count). The third-order valence-electron chi connectivity index (χ3n) is 5.66. The molecule has 0 atom stereocenters. The van der Waals surface area contributed by atoms with Crippen LogP contribution in [0, 0.1) is 6.92 Å². The van der Waals surface area contributed by atoms with Crippen LogP contribution < -0.4 is 4.90 Å². The predicted octanol–water partition coefficient (Wildman–Crippen LogP) is 6.39. The molecular formula is C26H22ClNO4. The van der Waals surface area contributed by atoms with Gasteiger partial charge in [-0.05, 0) is 59.9 Å². The number of carboxylic acids is 1. The molecule has 0 saturated carbocycles. The molecule has 1 amide bonds. The summed E-state index contributed by atoms with van der Waals surface area (Å²) in [4.78, 5) is 26.4. The lowest BCUT2D eigenvalue weighted by Crippen LogP contribution is -2.20. The molecule has 0 bridgehead atoms. The van der Waals surface area contributed by atoms with Gasteiger partial charge >= 0.3 is 5.97 Å². The number of fused-ring (bicyclic) bond motifs is 1. The Balaban J connectivity index is 1.93. The van der Waals surface area contributed by atoms with Crippen molar-refractivity contribution in [2.75, 3.05) is 4.90 Å². The third kappa shape index (κ3) is 3.55. The molecule has 6 heteroatoms. The fourth-order valence-electron chi connectivity index (χ4n) is 4.11. The maximum Gasteiger partial charge on any atom is 0.339 e. The summed E-state index contributed by atoms with van der Waals surface area (Å²) in [5.74, 6) is -1.70. The monoisotopic (exact) mass is 447 g/mol. The highest BCUT2D eigenvalue weighted by molar-refractivity contribution is 6.39. The highest BCUT2D eigenvalue weighted by atomic mass is 35.5. The van der Waals surface area contributed by atoms with E-state index in [-0.39, 0.29) is 17.4 Å². The number of anilines is 2. The highest BCUT2D eigenvalue weighted by Crippen LogP contribution is 2.45. The molecule has 1 aliphatic rings. The number of amides is 1. The Morgan fingerprint density at radius 1 is 1.09 bits per heavy atom. The summed E-state index contributed by atoms with van der Waals surface area (Å²) in [7, 11) is 0. The molecule has 0 spiro atoms. The summed E-state index contributed by atoms with van der Waals surface area (Å²) < 4.78 is 0. The fourth-order valence-corrected chi connectivity index (χ4v) is 4.35. The van der Waals surface area contributed by atoms with Gasteiger partial charge in [0.2, 0.25) is 0 Å². The Kier molecular flexibility index (Phi) is 5.53. The molecule has 0 unspecified atom stereocenters. The van der Waals surface area contributed by atoms with Crippen LogP contribution in [-0.2, 0) is 4.79 Å². The first-order valence-corrected chi connectivity index (χ1v) is 10.6. The number of carboxylic acid groups (broad SMARTS) is 1. The van der Waals surface area contributed by atoms with E-state index in [1.54, 1.807) is 6.07 Å². The number of rotatable bonds is 4. The van der Waals surface area contributed by atoms with Gasteiger partial charge in [0.15, 0.2) is 0 Å². The van der Waals surface area contributed by atoms with Crippen molar-refractivity contribution in [3.63, 3.8) is 0 Å². The second-order valence-electron chi connectivity index (χ2n) is 8.07. The molecule has 0 saturated heterocycles. The Morgan fingerprint density at radius 2 is 1.81 bits per heavy atom. The molecule has 1 heterocycles. The van der Waals surface area contributed by atoms with E-state index >= 15 is 0 Å². The van der Waals surface area contributed by atoms with Crippen LogP contribution in [0.2, 0.25) is 5.02 Å². The van der Waals surface area contributed by atoms with Crippen LogP contribution in [-0.4, -0.2) is 22.1 Å². The zero-order valence-corrected chi connectivity index (χ0v) is 18.6. The summed E-state index contributed by atoms with van der Waals surface area (Å²) >= 11 is 6.53. The molecule has 1 aliphatic heterocycles. The predicted molar refractivity (Wildman–Crippen MR) is 127 cm³/mol. The van der Waals surface area contributed by atoms with Crippen molar-refractivity contribution in [2.45, 2.75) is 26.7 Å².